The number of piperazine rings is 1. The Morgan fingerprint density at radius 3 is 2.60 bits per heavy atom. The van der Waals surface area contributed by atoms with Crippen molar-refractivity contribution < 1.29 is 0 Å². The van der Waals surface area contributed by atoms with Gasteiger partial charge in [-0.05, 0) is 45.8 Å². The summed E-state index contributed by atoms with van der Waals surface area (Å²) in [6.07, 6.45) is 8.48. The van der Waals surface area contributed by atoms with Crippen molar-refractivity contribution in [2.75, 3.05) is 40.8 Å². The molecule has 0 bridgehead atoms. The molecule has 4 unspecified atom stereocenters. The Labute approximate surface area is 126 Å². The molecule has 1 aliphatic carbocycles. The minimum atomic E-state index is 0.708. The number of likely N-dealkylation sites (N-methyl/N-ethyl adjacent to an activating group) is 2. The van der Waals surface area contributed by atoms with E-state index < -0.39 is 0 Å². The predicted octanol–water partition coefficient (Wildman–Crippen LogP) is 2.43. The quantitative estimate of drug-likeness (QED) is 0.835. The largest absolute Gasteiger partial charge is 0.317 e. The van der Waals surface area contributed by atoms with Crippen LogP contribution in [0.3, 0.4) is 0 Å². The summed E-state index contributed by atoms with van der Waals surface area (Å²) in [5.74, 6) is 1.85. The van der Waals surface area contributed by atoms with Crippen LogP contribution in [0.4, 0.5) is 0 Å². The maximum absolute atomic E-state index is 3.67. The van der Waals surface area contributed by atoms with Crippen LogP contribution < -0.4 is 5.32 Å². The molecule has 1 N–H and O–H groups in total. The Bertz CT molecular complexity index is 281. The van der Waals surface area contributed by atoms with E-state index >= 15 is 0 Å². The molecule has 2 aliphatic rings. The number of hydrogen-bond donors (Lipinski definition) is 1. The van der Waals surface area contributed by atoms with Crippen LogP contribution in [-0.4, -0.2) is 62.7 Å². The Morgan fingerprint density at radius 2 is 1.90 bits per heavy atom. The third-order valence-corrected chi connectivity index (χ3v) is 5.89. The van der Waals surface area contributed by atoms with Gasteiger partial charge >= 0.3 is 0 Å². The number of rotatable bonds is 5. The molecule has 1 aliphatic heterocycles. The second-order valence-corrected chi connectivity index (χ2v) is 7.14. The van der Waals surface area contributed by atoms with E-state index in [1.165, 1.54) is 58.2 Å². The normalized spacial score (nSPS) is 35.1. The lowest BCUT2D eigenvalue weighted by Crippen LogP contribution is -2.53. The lowest BCUT2D eigenvalue weighted by Gasteiger charge is -2.43. The number of nitrogens with one attached hydrogen (secondary N) is 1. The topological polar surface area (TPSA) is 18.5 Å². The Balaban J connectivity index is 1.96. The van der Waals surface area contributed by atoms with Crippen LogP contribution in [0, 0.1) is 11.8 Å². The second-order valence-electron chi connectivity index (χ2n) is 7.14. The Morgan fingerprint density at radius 1 is 1.15 bits per heavy atom. The van der Waals surface area contributed by atoms with Crippen LogP contribution in [-0.2, 0) is 0 Å². The molecule has 1 heterocycles. The second kappa shape index (κ2) is 7.77. The van der Waals surface area contributed by atoms with Crippen LogP contribution in [0.2, 0.25) is 0 Å². The Hall–Kier alpha value is -0.120. The van der Waals surface area contributed by atoms with Crippen LogP contribution >= 0.6 is 0 Å². The van der Waals surface area contributed by atoms with Crippen LogP contribution in [0.25, 0.3) is 0 Å². The van der Waals surface area contributed by atoms with E-state index in [0.717, 1.165) is 17.9 Å². The van der Waals surface area contributed by atoms with Gasteiger partial charge in [0, 0.05) is 31.7 Å². The van der Waals surface area contributed by atoms with Gasteiger partial charge in [-0.1, -0.05) is 32.6 Å². The first kappa shape index (κ1) is 16.3. The standard InChI is InChI=1S/C17H35N3/c1-5-14-8-6-7-9-16(14)17(18-2)12-15-13-19(3)10-11-20(15)4/h14-18H,5-13H2,1-4H3. The highest BCUT2D eigenvalue weighted by atomic mass is 15.3. The van der Waals surface area contributed by atoms with E-state index in [0.29, 0.717) is 6.04 Å². The van der Waals surface area contributed by atoms with Gasteiger partial charge in [-0.2, -0.15) is 0 Å². The van der Waals surface area contributed by atoms with Gasteiger partial charge in [0.25, 0.3) is 0 Å². The van der Waals surface area contributed by atoms with Crippen molar-refractivity contribution in [2.45, 2.75) is 57.5 Å². The van der Waals surface area contributed by atoms with Crippen LogP contribution in [0.5, 0.6) is 0 Å². The summed E-state index contributed by atoms with van der Waals surface area (Å²) in [7, 11) is 6.75. The van der Waals surface area contributed by atoms with Gasteiger partial charge in [0.2, 0.25) is 0 Å². The molecule has 0 aromatic heterocycles. The average molecular weight is 281 g/mol. The zero-order valence-corrected chi connectivity index (χ0v) is 14.1. The molecule has 1 saturated heterocycles. The first-order valence-electron chi connectivity index (χ1n) is 8.71. The molecular weight excluding hydrogens is 246 g/mol. The smallest absolute Gasteiger partial charge is 0.0235 e. The highest BCUT2D eigenvalue weighted by Crippen LogP contribution is 2.36. The molecule has 3 nitrogen and oxygen atoms in total. The van der Waals surface area contributed by atoms with Crippen molar-refractivity contribution in [1.29, 1.82) is 0 Å². The molecular formula is C17H35N3. The van der Waals surface area contributed by atoms with Crippen molar-refractivity contribution in [3.63, 3.8) is 0 Å². The summed E-state index contributed by atoms with van der Waals surface area (Å²) in [5.41, 5.74) is 0. The summed E-state index contributed by atoms with van der Waals surface area (Å²) in [4.78, 5) is 5.07. The molecule has 0 aromatic carbocycles. The first-order chi connectivity index (χ1) is 9.65. The van der Waals surface area contributed by atoms with E-state index in [1.807, 2.05) is 0 Å². The molecule has 2 fully saturated rings. The lowest BCUT2D eigenvalue weighted by atomic mass is 9.72. The lowest BCUT2D eigenvalue weighted by molar-refractivity contribution is 0.0819. The monoisotopic (exact) mass is 281 g/mol. The maximum atomic E-state index is 3.67. The molecule has 4 atom stereocenters. The van der Waals surface area contributed by atoms with Gasteiger partial charge in [0.05, 0.1) is 0 Å². The van der Waals surface area contributed by atoms with Crippen LogP contribution in [0.15, 0.2) is 0 Å². The van der Waals surface area contributed by atoms with E-state index in [-0.39, 0.29) is 0 Å². The fraction of sp³-hybridized carbons (Fsp3) is 1.00. The predicted molar refractivity (Wildman–Crippen MR) is 87.1 cm³/mol. The SMILES string of the molecule is CCC1CCCCC1C(CC1CN(C)CCN1C)NC. The third kappa shape index (κ3) is 3.96. The molecule has 0 spiro atoms. The summed E-state index contributed by atoms with van der Waals surface area (Å²) in [6, 6.07) is 1.44. The van der Waals surface area contributed by atoms with Crippen molar-refractivity contribution in [1.82, 2.24) is 15.1 Å². The molecule has 0 aromatic rings. The van der Waals surface area contributed by atoms with Crippen molar-refractivity contribution in [3.05, 3.63) is 0 Å². The van der Waals surface area contributed by atoms with Crippen molar-refractivity contribution >= 4 is 0 Å². The van der Waals surface area contributed by atoms with Crippen molar-refractivity contribution in [2.24, 2.45) is 11.8 Å². The highest BCUT2D eigenvalue weighted by molar-refractivity contribution is 4.89. The van der Waals surface area contributed by atoms with E-state index in [9.17, 15) is 0 Å². The van der Waals surface area contributed by atoms with E-state index in [2.05, 4.69) is 43.2 Å². The molecule has 2 rings (SSSR count). The number of nitrogens with zero attached hydrogens (tertiary/aromatic N) is 2. The molecule has 20 heavy (non-hydrogen) atoms. The molecule has 3 heteroatoms. The molecule has 1 saturated carbocycles. The highest BCUT2D eigenvalue weighted by Gasteiger charge is 2.33. The Kier molecular flexibility index (Phi) is 6.31. The van der Waals surface area contributed by atoms with Gasteiger partial charge in [-0.25, -0.2) is 0 Å². The maximum Gasteiger partial charge on any atom is 0.0235 e. The zero-order chi connectivity index (χ0) is 14.5. The van der Waals surface area contributed by atoms with E-state index in [4.69, 9.17) is 0 Å². The average Bonchev–Trinajstić information content (AvgIpc) is 2.48. The van der Waals surface area contributed by atoms with Crippen molar-refractivity contribution in [3.8, 4) is 0 Å². The van der Waals surface area contributed by atoms with Gasteiger partial charge < -0.3 is 15.1 Å². The van der Waals surface area contributed by atoms with Gasteiger partial charge in [0.1, 0.15) is 0 Å². The zero-order valence-electron chi connectivity index (χ0n) is 14.1. The molecule has 0 radical (unpaired) electrons. The van der Waals surface area contributed by atoms with Gasteiger partial charge in [-0.3, -0.25) is 0 Å². The number of hydrogen-bond acceptors (Lipinski definition) is 3. The fourth-order valence-electron chi connectivity index (χ4n) is 4.43. The summed E-state index contributed by atoms with van der Waals surface area (Å²) >= 11 is 0. The van der Waals surface area contributed by atoms with Gasteiger partial charge in [-0.15, -0.1) is 0 Å². The summed E-state index contributed by atoms with van der Waals surface area (Å²) < 4.78 is 0. The summed E-state index contributed by atoms with van der Waals surface area (Å²) in [6.45, 7) is 6.06. The molecule has 118 valence electrons. The summed E-state index contributed by atoms with van der Waals surface area (Å²) in [5, 5.41) is 3.67. The minimum absolute atomic E-state index is 0.708. The first-order valence-corrected chi connectivity index (χ1v) is 8.71. The third-order valence-electron chi connectivity index (χ3n) is 5.89. The minimum Gasteiger partial charge on any atom is -0.317 e. The van der Waals surface area contributed by atoms with Gasteiger partial charge in [0.15, 0.2) is 0 Å². The van der Waals surface area contributed by atoms with E-state index in [1.54, 1.807) is 0 Å². The molecule has 0 amide bonds. The van der Waals surface area contributed by atoms with Crippen LogP contribution in [0.1, 0.15) is 45.4 Å². The fourth-order valence-corrected chi connectivity index (χ4v) is 4.43.